The predicted octanol–water partition coefficient (Wildman–Crippen LogP) is 4.28. The Hall–Kier alpha value is -2.79. The molecule has 0 spiro atoms. The van der Waals surface area contributed by atoms with Gasteiger partial charge in [-0.3, -0.25) is 4.79 Å². The first-order valence-corrected chi connectivity index (χ1v) is 9.23. The molecule has 0 bridgehead atoms. The minimum atomic E-state index is -0.0903. The Morgan fingerprint density at radius 1 is 1.11 bits per heavy atom. The number of benzene rings is 2. The number of hydrogen-bond acceptors (Lipinski definition) is 3. The molecule has 0 fully saturated rings. The molecule has 0 aliphatic heterocycles. The molecule has 0 radical (unpaired) electrons. The molecule has 0 aliphatic carbocycles. The number of hydrogen-bond donors (Lipinski definition) is 2. The summed E-state index contributed by atoms with van der Waals surface area (Å²) in [7, 11) is 0. The topological polar surface area (TPSA) is 72.9 Å². The van der Waals surface area contributed by atoms with Crippen molar-refractivity contribution in [3.63, 3.8) is 0 Å². The van der Waals surface area contributed by atoms with E-state index < -0.39 is 0 Å². The highest BCUT2D eigenvalue weighted by atomic mass is 35.5. The Morgan fingerprint density at radius 2 is 1.75 bits per heavy atom. The van der Waals surface area contributed by atoms with Crippen LogP contribution in [-0.4, -0.2) is 22.2 Å². The molecule has 0 unspecified atom stereocenters. The van der Waals surface area contributed by atoms with Crippen LogP contribution < -0.4 is 11.1 Å². The van der Waals surface area contributed by atoms with Gasteiger partial charge in [0.05, 0.1) is 23.1 Å². The molecule has 0 atom stereocenters. The van der Waals surface area contributed by atoms with Gasteiger partial charge in [0.2, 0.25) is 0 Å². The van der Waals surface area contributed by atoms with Crippen molar-refractivity contribution < 1.29 is 4.79 Å². The molecule has 1 amide bonds. The quantitative estimate of drug-likeness (QED) is 0.608. The smallest absolute Gasteiger partial charge is 0.254 e. The van der Waals surface area contributed by atoms with Crippen LogP contribution in [0.3, 0.4) is 0 Å². The average Bonchev–Trinajstić information content (AvgIpc) is 3.09. The number of carbonyl (C=O) groups excluding carboxylic acids is 1. The fraction of sp³-hybridized carbons (Fsp3) is 0.273. The summed E-state index contributed by atoms with van der Waals surface area (Å²) in [4.78, 5) is 12.7. The summed E-state index contributed by atoms with van der Waals surface area (Å²) >= 11 is 0. The van der Waals surface area contributed by atoms with E-state index >= 15 is 0 Å². The summed E-state index contributed by atoms with van der Waals surface area (Å²) in [6.07, 6.45) is 2.42. The summed E-state index contributed by atoms with van der Waals surface area (Å²) in [5.41, 5.74) is 11.3. The highest BCUT2D eigenvalue weighted by Gasteiger charge is 2.20. The van der Waals surface area contributed by atoms with Gasteiger partial charge in [-0.2, -0.15) is 5.10 Å². The zero-order chi connectivity index (χ0) is 19.4. The summed E-state index contributed by atoms with van der Waals surface area (Å²) in [5, 5.41) is 7.48. The maximum Gasteiger partial charge on any atom is 0.254 e. The number of rotatable bonds is 6. The summed E-state index contributed by atoms with van der Waals surface area (Å²) in [5.74, 6) is 0.0826. The number of nitrogens with one attached hydrogen (secondary N) is 1. The fourth-order valence-corrected chi connectivity index (χ4v) is 3.08. The lowest BCUT2D eigenvalue weighted by Crippen LogP contribution is -2.26. The van der Waals surface area contributed by atoms with Crippen LogP contribution in [0, 0.1) is 6.92 Å². The van der Waals surface area contributed by atoms with E-state index in [0.717, 1.165) is 29.1 Å². The molecule has 1 heterocycles. The SMILES string of the molecule is Cc1ccc(-n2ncc(C(=O)NCCc3ccc(N)cc3)c2C(C)C)cc1.Cl. The maximum atomic E-state index is 12.7. The van der Waals surface area contributed by atoms with E-state index in [0.29, 0.717) is 12.1 Å². The molecule has 3 rings (SSSR count). The molecule has 0 saturated heterocycles. The summed E-state index contributed by atoms with van der Waals surface area (Å²) < 4.78 is 1.86. The number of nitrogens with two attached hydrogens (primary N) is 1. The molecule has 5 nitrogen and oxygen atoms in total. The average molecular weight is 399 g/mol. The largest absolute Gasteiger partial charge is 0.399 e. The van der Waals surface area contributed by atoms with Crippen molar-refractivity contribution in [1.82, 2.24) is 15.1 Å². The molecule has 3 N–H and O–H groups in total. The molecule has 0 saturated carbocycles. The van der Waals surface area contributed by atoms with E-state index in [9.17, 15) is 4.79 Å². The lowest BCUT2D eigenvalue weighted by molar-refractivity contribution is 0.0953. The van der Waals surface area contributed by atoms with Gasteiger partial charge in [-0.05, 0) is 49.1 Å². The third-order valence-electron chi connectivity index (χ3n) is 4.56. The van der Waals surface area contributed by atoms with Gasteiger partial charge in [-0.1, -0.05) is 43.7 Å². The second-order valence-electron chi connectivity index (χ2n) is 7.09. The number of anilines is 1. The van der Waals surface area contributed by atoms with E-state index in [1.165, 1.54) is 5.56 Å². The Kier molecular flexibility index (Phi) is 7.24. The van der Waals surface area contributed by atoms with Gasteiger partial charge >= 0.3 is 0 Å². The Balaban J connectivity index is 0.00000280. The lowest BCUT2D eigenvalue weighted by atomic mass is 10.0. The number of halogens is 1. The number of carbonyl (C=O) groups is 1. The van der Waals surface area contributed by atoms with Gasteiger partial charge < -0.3 is 11.1 Å². The van der Waals surface area contributed by atoms with Crippen molar-refractivity contribution in [3.05, 3.63) is 77.1 Å². The monoisotopic (exact) mass is 398 g/mol. The van der Waals surface area contributed by atoms with Crippen LogP contribution in [0.5, 0.6) is 0 Å². The van der Waals surface area contributed by atoms with Crippen molar-refractivity contribution in [1.29, 1.82) is 0 Å². The molecule has 2 aromatic carbocycles. The van der Waals surface area contributed by atoms with E-state index in [4.69, 9.17) is 5.73 Å². The first-order valence-electron chi connectivity index (χ1n) is 9.23. The lowest BCUT2D eigenvalue weighted by Gasteiger charge is -2.13. The van der Waals surface area contributed by atoms with E-state index in [2.05, 4.69) is 31.2 Å². The molecule has 3 aromatic rings. The third-order valence-corrected chi connectivity index (χ3v) is 4.56. The van der Waals surface area contributed by atoms with Crippen molar-refractivity contribution in [2.24, 2.45) is 0 Å². The van der Waals surface area contributed by atoms with Gasteiger partial charge in [-0.15, -0.1) is 12.4 Å². The Morgan fingerprint density at radius 3 is 2.36 bits per heavy atom. The van der Waals surface area contributed by atoms with E-state index in [-0.39, 0.29) is 24.2 Å². The standard InChI is InChI=1S/C22H26N4O.ClH/c1-15(2)21-20(14-25-26(21)19-10-4-16(3)5-11-19)22(27)24-13-12-17-6-8-18(23)9-7-17;/h4-11,14-15H,12-13,23H2,1-3H3,(H,24,27);1H. The number of aryl methyl sites for hydroxylation is 1. The number of amides is 1. The van der Waals surface area contributed by atoms with Crippen LogP contribution in [0.1, 0.15) is 46.9 Å². The molecular formula is C22H27ClN4O. The second-order valence-corrected chi connectivity index (χ2v) is 7.09. The van der Waals surface area contributed by atoms with Crippen molar-refractivity contribution in [2.45, 2.75) is 33.1 Å². The van der Waals surface area contributed by atoms with Crippen LogP contribution in [0.25, 0.3) is 5.69 Å². The van der Waals surface area contributed by atoms with Crippen LogP contribution in [0.15, 0.2) is 54.7 Å². The van der Waals surface area contributed by atoms with Crippen LogP contribution in [0.4, 0.5) is 5.69 Å². The zero-order valence-electron chi connectivity index (χ0n) is 16.5. The third kappa shape index (κ3) is 4.93. The van der Waals surface area contributed by atoms with Gasteiger partial charge in [0.15, 0.2) is 0 Å². The predicted molar refractivity (Wildman–Crippen MR) is 117 cm³/mol. The van der Waals surface area contributed by atoms with Gasteiger partial charge in [0, 0.05) is 12.2 Å². The number of nitrogen functional groups attached to an aromatic ring is 1. The first kappa shape index (κ1) is 21.5. The highest BCUT2D eigenvalue weighted by Crippen LogP contribution is 2.23. The van der Waals surface area contributed by atoms with Crippen molar-refractivity contribution in [2.75, 3.05) is 12.3 Å². The first-order chi connectivity index (χ1) is 13.0. The molecule has 28 heavy (non-hydrogen) atoms. The van der Waals surface area contributed by atoms with Gasteiger partial charge in [-0.25, -0.2) is 4.68 Å². The van der Waals surface area contributed by atoms with Crippen molar-refractivity contribution >= 4 is 24.0 Å². The molecule has 1 aromatic heterocycles. The minimum absolute atomic E-state index is 0. The van der Waals surface area contributed by atoms with Gasteiger partial charge in [0.25, 0.3) is 5.91 Å². The van der Waals surface area contributed by atoms with Crippen LogP contribution >= 0.6 is 12.4 Å². The molecule has 6 heteroatoms. The van der Waals surface area contributed by atoms with Crippen LogP contribution in [-0.2, 0) is 6.42 Å². The van der Waals surface area contributed by atoms with E-state index in [1.807, 2.05) is 53.2 Å². The number of aromatic nitrogens is 2. The molecule has 148 valence electrons. The summed E-state index contributed by atoms with van der Waals surface area (Å²) in [6, 6.07) is 15.9. The second kappa shape index (κ2) is 9.42. The van der Waals surface area contributed by atoms with E-state index in [1.54, 1.807) is 6.20 Å². The number of nitrogens with zero attached hydrogens (tertiary/aromatic N) is 2. The summed E-state index contributed by atoms with van der Waals surface area (Å²) in [6.45, 7) is 6.77. The fourth-order valence-electron chi connectivity index (χ4n) is 3.08. The van der Waals surface area contributed by atoms with Crippen molar-refractivity contribution in [3.8, 4) is 5.69 Å². The van der Waals surface area contributed by atoms with Crippen LogP contribution in [0.2, 0.25) is 0 Å². The molecule has 0 aliphatic rings. The minimum Gasteiger partial charge on any atom is -0.399 e. The van der Waals surface area contributed by atoms with Gasteiger partial charge in [0.1, 0.15) is 0 Å². The normalized spacial score (nSPS) is 10.6. The Bertz CT molecular complexity index is 915. The zero-order valence-corrected chi connectivity index (χ0v) is 17.3. The Labute approximate surface area is 172 Å². The highest BCUT2D eigenvalue weighted by molar-refractivity contribution is 5.95. The molecular weight excluding hydrogens is 372 g/mol. The maximum absolute atomic E-state index is 12.7.